The van der Waals surface area contributed by atoms with Gasteiger partial charge < -0.3 is 14.6 Å². The number of hydrogen-bond donors (Lipinski definition) is 1. The summed E-state index contributed by atoms with van der Waals surface area (Å²) in [7, 11) is 0. The van der Waals surface area contributed by atoms with E-state index in [-0.39, 0.29) is 6.42 Å². The van der Waals surface area contributed by atoms with Gasteiger partial charge in [-0.15, -0.1) is 0 Å². The lowest BCUT2D eigenvalue weighted by Crippen LogP contribution is -2.56. The summed E-state index contributed by atoms with van der Waals surface area (Å²) in [6.07, 6.45) is -0.339. The van der Waals surface area contributed by atoms with Crippen LogP contribution in [0.25, 0.3) is 0 Å². The molecule has 0 aliphatic heterocycles. The molecule has 0 spiro atoms. The van der Waals surface area contributed by atoms with Gasteiger partial charge in [0.1, 0.15) is 17.1 Å². The highest BCUT2D eigenvalue weighted by molar-refractivity contribution is 9.10. The Morgan fingerprint density at radius 3 is 1.93 bits per heavy atom. The van der Waals surface area contributed by atoms with E-state index in [0.717, 1.165) is 4.47 Å². The second-order valence-corrected chi connectivity index (χ2v) is 11.0. The van der Waals surface area contributed by atoms with Gasteiger partial charge in [-0.1, -0.05) is 28.1 Å². The van der Waals surface area contributed by atoms with Gasteiger partial charge >= 0.3 is 11.9 Å². The van der Waals surface area contributed by atoms with Gasteiger partial charge in [0.05, 0.1) is 11.5 Å². The fourth-order valence-electron chi connectivity index (χ4n) is 3.83. The molecule has 6 nitrogen and oxygen atoms in total. The van der Waals surface area contributed by atoms with Crippen LogP contribution < -0.4 is 0 Å². The van der Waals surface area contributed by atoms with Gasteiger partial charge in [0, 0.05) is 16.8 Å². The van der Waals surface area contributed by atoms with Crippen molar-refractivity contribution in [2.75, 3.05) is 0 Å². The number of aliphatic hydroxyl groups is 1. The van der Waals surface area contributed by atoms with Gasteiger partial charge in [-0.25, -0.2) is 0 Å². The molecule has 1 aromatic carbocycles. The quantitative estimate of drug-likeness (QED) is 0.513. The van der Waals surface area contributed by atoms with Crippen molar-refractivity contribution in [1.29, 1.82) is 0 Å². The Labute approximate surface area is 186 Å². The molecule has 1 aromatic rings. The number of carbonyl (C=O) groups is 3. The SMILES string of the molecule is CC(C)(C)OC(=O)[C@@H]1C(=O)C[C@@](C)(O)[C@H](C(=O)OC(C)(C)C)[C@H]1c1ccc(Br)cc1. The molecule has 2 rings (SSSR count). The van der Waals surface area contributed by atoms with Crippen molar-refractivity contribution >= 4 is 33.7 Å². The van der Waals surface area contributed by atoms with Crippen LogP contribution in [0.2, 0.25) is 0 Å². The number of hydrogen-bond acceptors (Lipinski definition) is 6. The molecule has 4 atom stereocenters. The fraction of sp³-hybridized carbons (Fsp3) is 0.609. The van der Waals surface area contributed by atoms with E-state index in [2.05, 4.69) is 15.9 Å². The van der Waals surface area contributed by atoms with Gasteiger partial charge in [0.2, 0.25) is 0 Å². The van der Waals surface area contributed by atoms with E-state index < -0.39 is 52.3 Å². The summed E-state index contributed by atoms with van der Waals surface area (Å²) in [6, 6.07) is 7.00. The molecule has 1 saturated carbocycles. The van der Waals surface area contributed by atoms with Crippen molar-refractivity contribution in [3.63, 3.8) is 0 Å². The van der Waals surface area contributed by atoms with Crippen LogP contribution in [0.15, 0.2) is 28.7 Å². The predicted octanol–water partition coefficient (Wildman–Crippen LogP) is 4.17. The number of ether oxygens (including phenoxy) is 2. The molecule has 0 bridgehead atoms. The lowest BCUT2D eigenvalue weighted by Gasteiger charge is -2.44. The van der Waals surface area contributed by atoms with E-state index >= 15 is 0 Å². The minimum absolute atomic E-state index is 0.339. The first-order valence-corrected chi connectivity index (χ1v) is 10.8. The second-order valence-electron chi connectivity index (χ2n) is 10.1. The van der Waals surface area contributed by atoms with Gasteiger partial charge in [-0.05, 0) is 66.2 Å². The maximum Gasteiger partial charge on any atom is 0.317 e. The van der Waals surface area contributed by atoms with Crippen molar-refractivity contribution in [1.82, 2.24) is 0 Å². The van der Waals surface area contributed by atoms with Gasteiger partial charge in [-0.2, -0.15) is 0 Å². The average molecular weight is 483 g/mol. The highest BCUT2D eigenvalue weighted by Crippen LogP contribution is 2.47. The largest absolute Gasteiger partial charge is 0.460 e. The summed E-state index contributed by atoms with van der Waals surface area (Å²) in [5, 5.41) is 11.1. The number of benzene rings is 1. The smallest absolute Gasteiger partial charge is 0.317 e. The second kappa shape index (κ2) is 8.42. The van der Waals surface area contributed by atoms with Crippen molar-refractivity contribution in [2.24, 2.45) is 11.8 Å². The van der Waals surface area contributed by atoms with Crippen LogP contribution in [0.4, 0.5) is 0 Å². The fourth-order valence-corrected chi connectivity index (χ4v) is 4.10. The molecule has 1 fully saturated rings. The van der Waals surface area contributed by atoms with Crippen LogP contribution in [-0.4, -0.2) is 39.6 Å². The standard InChI is InChI=1S/C23H31BrO6/c1-21(2,3)29-19(26)17-15(25)12-23(7,28)18(20(27)30-22(4,5)6)16(17)13-8-10-14(24)11-9-13/h8-11,16-18,28H,12H2,1-7H3/t16-,17+,18-,23+/m0/s1. The summed E-state index contributed by atoms with van der Waals surface area (Å²) >= 11 is 3.37. The first kappa shape index (κ1) is 24.5. The molecule has 0 saturated heterocycles. The summed E-state index contributed by atoms with van der Waals surface area (Å²) in [6.45, 7) is 11.8. The van der Waals surface area contributed by atoms with E-state index in [1.807, 2.05) is 0 Å². The molecule has 0 radical (unpaired) electrons. The van der Waals surface area contributed by atoms with Gasteiger partial charge in [0.15, 0.2) is 5.78 Å². The summed E-state index contributed by atoms with van der Waals surface area (Å²) in [5.41, 5.74) is -2.68. The molecular weight excluding hydrogens is 452 g/mol. The number of rotatable bonds is 3. The summed E-state index contributed by atoms with van der Waals surface area (Å²) in [5.74, 6) is -5.07. The third-order valence-corrected chi connectivity index (χ3v) is 5.37. The van der Waals surface area contributed by atoms with Crippen LogP contribution in [-0.2, 0) is 23.9 Å². The van der Waals surface area contributed by atoms with E-state index in [0.29, 0.717) is 5.56 Å². The number of esters is 2. The number of Topliss-reactive ketones (excluding diaryl/α,β-unsaturated/α-hetero) is 1. The topological polar surface area (TPSA) is 89.9 Å². The molecule has 0 unspecified atom stereocenters. The highest BCUT2D eigenvalue weighted by atomic mass is 79.9. The first-order valence-electron chi connectivity index (χ1n) is 9.98. The van der Waals surface area contributed by atoms with Crippen LogP contribution in [0.3, 0.4) is 0 Å². The first-order chi connectivity index (χ1) is 13.5. The van der Waals surface area contributed by atoms with Crippen molar-refractivity contribution < 1.29 is 29.0 Å². The zero-order chi connectivity index (χ0) is 23.1. The lowest BCUT2D eigenvalue weighted by atomic mass is 9.61. The summed E-state index contributed by atoms with van der Waals surface area (Å²) in [4.78, 5) is 39.3. The number of halogens is 1. The molecule has 7 heteroatoms. The average Bonchev–Trinajstić information content (AvgIpc) is 2.50. The predicted molar refractivity (Wildman–Crippen MR) is 116 cm³/mol. The van der Waals surface area contributed by atoms with Crippen LogP contribution in [0.5, 0.6) is 0 Å². The zero-order valence-corrected chi connectivity index (χ0v) is 20.2. The van der Waals surface area contributed by atoms with Crippen molar-refractivity contribution in [3.8, 4) is 0 Å². The molecular formula is C23H31BrO6. The van der Waals surface area contributed by atoms with Crippen molar-refractivity contribution in [2.45, 2.75) is 77.6 Å². The maximum atomic E-state index is 13.2. The minimum atomic E-state index is -1.67. The molecule has 0 heterocycles. The van der Waals surface area contributed by atoms with Gasteiger partial charge in [0.25, 0.3) is 0 Å². The van der Waals surface area contributed by atoms with E-state index in [4.69, 9.17) is 9.47 Å². The van der Waals surface area contributed by atoms with Crippen molar-refractivity contribution in [3.05, 3.63) is 34.3 Å². The molecule has 0 aromatic heterocycles. The number of ketones is 1. The Morgan fingerprint density at radius 1 is 1.00 bits per heavy atom. The van der Waals surface area contributed by atoms with Gasteiger partial charge in [-0.3, -0.25) is 14.4 Å². The lowest BCUT2D eigenvalue weighted by molar-refractivity contribution is -0.182. The normalized spacial score (nSPS) is 27.5. The maximum absolute atomic E-state index is 13.2. The van der Waals surface area contributed by atoms with Crippen LogP contribution in [0, 0.1) is 11.8 Å². The molecule has 1 N–H and O–H groups in total. The molecule has 1 aliphatic rings. The van der Waals surface area contributed by atoms with Crippen LogP contribution >= 0.6 is 15.9 Å². The third-order valence-electron chi connectivity index (χ3n) is 4.84. The monoisotopic (exact) mass is 482 g/mol. The Balaban J connectivity index is 2.62. The molecule has 0 amide bonds. The molecule has 166 valence electrons. The Kier molecular flexibility index (Phi) is 6.89. The van der Waals surface area contributed by atoms with E-state index in [1.54, 1.807) is 65.8 Å². The van der Waals surface area contributed by atoms with Crippen LogP contribution in [0.1, 0.15) is 66.4 Å². The number of carbonyl (C=O) groups excluding carboxylic acids is 3. The molecule has 30 heavy (non-hydrogen) atoms. The summed E-state index contributed by atoms with van der Waals surface area (Å²) < 4.78 is 11.9. The third kappa shape index (κ3) is 5.91. The zero-order valence-electron chi connectivity index (χ0n) is 18.6. The Hall–Kier alpha value is -1.73. The minimum Gasteiger partial charge on any atom is -0.460 e. The van der Waals surface area contributed by atoms with E-state index in [1.165, 1.54) is 6.92 Å². The highest BCUT2D eigenvalue weighted by Gasteiger charge is 2.57. The Morgan fingerprint density at radius 2 is 1.47 bits per heavy atom. The molecule has 1 aliphatic carbocycles. The van der Waals surface area contributed by atoms with E-state index in [9.17, 15) is 19.5 Å². The Bertz CT molecular complexity index is 814.